The van der Waals surface area contributed by atoms with Gasteiger partial charge >= 0.3 is 0 Å². The molecule has 2 aromatic rings. The molecule has 1 aliphatic heterocycles. The zero-order chi connectivity index (χ0) is 17.6. The summed E-state index contributed by atoms with van der Waals surface area (Å²) >= 11 is 0. The van der Waals surface area contributed by atoms with Gasteiger partial charge in [0, 0.05) is 12.6 Å². The summed E-state index contributed by atoms with van der Waals surface area (Å²) in [5.41, 5.74) is 2.91. The average Bonchev–Trinajstić information content (AvgIpc) is 2.87. The zero-order valence-electron chi connectivity index (χ0n) is 14.9. The lowest BCUT2D eigenvalue weighted by molar-refractivity contribution is 0.116. The van der Waals surface area contributed by atoms with E-state index in [1.807, 2.05) is 45.9 Å². The lowest BCUT2D eigenvalue weighted by Crippen LogP contribution is -2.51. The van der Waals surface area contributed by atoms with Gasteiger partial charge in [-0.15, -0.1) is 0 Å². The number of aryl methyl sites for hydroxylation is 1. The van der Waals surface area contributed by atoms with Crippen LogP contribution in [0.25, 0.3) is 0 Å². The maximum atomic E-state index is 13.2. The van der Waals surface area contributed by atoms with Gasteiger partial charge in [0.25, 0.3) is 0 Å². The minimum Gasteiger partial charge on any atom is -0.266 e. The summed E-state index contributed by atoms with van der Waals surface area (Å²) in [7, 11) is -3.54. The van der Waals surface area contributed by atoms with Gasteiger partial charge in [-0.05, 0) is 39.2 Å². The molecule has 1 aliphatic rings. The highest BCUT2D eigenvalue weighted by Gasteiger charge is 2.45. The number of rotatable bonds is 4. The summed E-state index contributed by atoms with van der Waals surface area (Å²) < 4.78 is 29.7. The van der Waals surface area contributed by atoms with Gasteiger partial charge in [-0.25, -0.2) is 8.42 Å². The van der Waals surface area contributed by atoms with E-state index >= 15 is 0 Å². The standard InChI is InChI=1S/C18H25N3O2S/c1-12(2)21-15(5)17(10-19-21)24(22,23)20-11-14(4)18(20)16-8-6-7-13(3)9-16/h6-10,12,14,18H,11H2,1-5H3. The SMILES string of the molecule is Cc1cccc(C2C(C)CN2S(=O)(=O)c2cnn(C(C)C)c2C)c1. The van der Waals surface area contributed by atoms with Gasteiger partial charge in [0.15, 0.2) is 0 Å². The Hall–Kier alpha value is -1.66. The van der Waals surface area contributed by atoms with Crippen LogP contribution in [0, 0.1) is 19.8 Å². The molecule has 0 bridgehead atoms. The summed E-state index contributed by atoms with van der Waals surface area (Å²) in [6, 6.07) is 8.15. The molecule has 2 atom stereocenters. The van der Waals surface area contributed by atoms with Crippen molar-refractivity contribution in [3.63, 3.8) is 0 Å². The summed E-state index contributed by atoms with van der Waals surface area (Å²) in [4.78, 5) is 0.320. The number of hydrogen-bond acceptors (Lipinski definition) is 3. The normalized spacial score (nSPS) is 21.9. The highest BCUT2D eigenvalue weighted by Crippen LogP contribution is 2.43. The molecule has 130 valence electrons. The second-order valence-electron chi connectivity index (χ2n) is 7.04. The van der Waals surface area contributed by atoms with Gasteiger partial charge in [-0.2, -0.15) is 9.40 Å². The Balaban J connectivity index is 1.98. The monoisotopic (exact) mass is 347 g/mol. The van der Waals surface area contributed by atoms with E-state index in [2.05, 4.69) is 18.1 Å². The van der Waals surface area contributed by atoms with E-state index in [1.165, 1.54) is 6.20 Å². The van der Waals surface area contributed by atoms with E-state index in [0.717, 1.165) is 11.1 Å². The number of sulfonamides is 1. The third-order valence-electron chi connectivity index (χ3n) is 4.78. The van der Waals surface area contributed by atoms with Crippen molar-refractivity contribution in [2.75, 3.05) is 6.54 Å². The van der Waals surface area contributed by atoms with Crippen LogP contribution >= 0.6 is 0 Å². The van der Waals surface area contributed by atoms with Crippen molar-refractivity contribution < 1.29 is 8.42 Å². The fourth-order valence-corrected chi connectivity index (χ4v) is 5.51. The highest BCUT2D eigenvalue weighted by molar-refractivity contribution is 7.89. The van der Waals surface area contributed by atoms with Gasteiger partial charge in [0.2, 0.25) is 10.0 Å². The van der Waals surface area contributed by atoms with Crippen molar-refractivity contribution in [2.45, 2.75) is 51.6 Å². The molecule has 2 unspecified atom stereocenters. The molecule has 1 aromatic carbocycles. The topological polar surface area (TPSA) is 55.2 Å². The Morgan fingerprint density at radius 2 is 1.96 bits per heavy atom. The molecule has 0 aliphatic carbocycles. The van der Waals surface area contributed by atoms with E-state index in [4.69, 9.17) is 0 Å². The molecular weight excluding hydrogens is 322 g/mol. The molecule has 0 radical (unpaired) electrons. The van der Waals surface area contributed by atoms with Crippen LogP contribution in [0.1, 0.15) is 49.7 Å². The molecular formula is C18H25N3O2S. The minimum absolute atomic E-state index is 0.100. The van der Waals surface area contributed by atoms with Crippen LogP contribution in [0.2, 0.25) is 0 Å². The predicted octanol–water partition coefficient (Wildman–Crippen LogP) is 3.46. The first-order valence-electron chi connectivity index (χ1n) is 8.36. The maximum Gasteiger partial charge on any atom is 0.247 e. The molecule has 5 nitrogen and oxygen atoms in total. The van der Waals surface area contributed by atoms with Gasteiger partial charge in [0.1, 0.15) is 4.90 Å². The van der Waals surface area contributed by atoms with E-state index in [-0.39, 0.29) is 12.1 Å². The molecule has 1 fully saturated rings. The summed E-state index contributed by atoms with van der Waals surface area (Å²) in [5, 5.41) is 4.26. The Morgan fingerprint density at radius 1 is 1.25 bits per heavy atom. The molecule has 2 heterocycles. The summed E-state index contributed by atoms with van der Waals surface area (Å²) in [6.45, 7) is 10.5. The molecule has 0 amide bonds. The Labute approximate surface area is 144 Å². The molecule has 0 spiro atoms. The number of hydrogen-bond donors (Lipinski definition) is 0. The summed E-state index contributed by atoms with van der Waals surface area (Å²) in [5.74, 6) is 0.307. The lowest BCUT2D eigenvalue weighted by atomic mass is 9.87. The Morgan fingerprint density at radius 3 is 2.50 bits per heavy atom. The van der Waals surface area contributed by atoms with Gasteiger partial charge in [0.05, 0.1) is 17.9 Å². The van der Waals surface area contributed by atoms with E-state index in [0.29, 0.717) is 23.1 Å². The van der Waals surface area contributed by atoms with E-state index < -0.39 is 10.0 Å². The largest absolute Gasteiger partial charge is 0.266 e. The third kappa shape index (κ3) is 2.67. The van der Waals surface area contributed by atoms with Crippen LogP contribution in [0.4, 0.5) is 0 Å². The first-order valence-corrected chi connectivity index (χ1v) is 9.80. The van der Waals surface area contributed by atoms with E-state index in [1.54, 1.807) is 8.99 Å². The first kappa shape index (κ1) is 17.2. The van der Waals surface area contributed by atoms with Crippen LogP contribution in [-0.2, 0) is 10.0 Å². The smallest absolute Gasteiger partial charge is 0.247 e. The molecule has 24 heavy (non-hydrogen) atoms. The van der Waals surface area contributed by atoms with Crippen molar-refractivity contribution in [2.24, 2.45) is 5.92 Å². The molecule has 0 saturated carbocycles. The molecule has 6 heteroatoms. The van der Waals surface area contributed by atoms with Gasteiger partial charge in [-0.3, -0.25) is 4.68 Å². The maximum absolute atomic E-state index is 13.2. The van der Waals surface area contributed by atoms with Crippen molar-refractivity contribution >= 4 is 10.0 Å². The van der Waals surface area contributed by atoms with Crippen LogP contribution in [0.3, 0.4) is 0 Å². The number of aromatic nitrogens is 2. The Kier molecular flexibility index (Phi) is 4.30. The van der Waals surface area contributed by atoms with Crippen molar-refractivity contribution in [1.82, 2.24) is 14.1 Å². The second kappa shape index (κ2) is 6.01. The van der Waals surface area contributed by atoms with Crippen molar-refractivity contribution in [3.8, 4) is 0 Å². The fraction of sp³-hybridized carbons (Fsp3) is 0.500. The van der Waals surface area contributed by atoms with E-state index in [9.17, 15) is 8.42 Å². The van der Waals surface area contributed by atoms with Crippen molar-refractivity contribution in [3.05, 3.63) is 47.3 Å². The minimum atomic E-state index is -3.54. The molecule has 1 aromatic heterocycles. The van der Waals surface area contributed by atoms with Gasteiger partial charge < -0.3 is 0 Å². The zero-order valence-corrected chi connectivity index (χ0v) is 15.7. The average molecular weight is 347 g/mol. The highest BCUT2D eigenvalue weighted by atomic mass is 32.2. The van der Waals surface area contributed by atoms with Crippen LogP contribution in [-0.4, -0.2) is 29.0 Å². The first-order chi connectivity index (χ1) is 11.2. The third-order valence-corrected chi connectivity index (χ3v) is 6.73. The Bertz CT molecular complexity index is 855. The summed E-state index contributed by atoms with van der Waals surface area (Å²) in [6.07, 6.45) is 1.49. The molecule has 3 rings (SSSR count). The number of benzene rings is 1. The van der Waals surface area contributed by atoms with Crippen LogP contribution in [0.15, 0.2) is 35.4 Å². The number of nitrogens with zero attached hydrogens (tertiary/aromatic N) is 3. The molecule has 0 N–H and O–H groups in total. The molecule has 1 saturated heterocycles. The lowest BCUT2D eigenvalue weighted by Gasteiger charge is -2.45. The van der Waals surface area contributed by atoms with Crippen molar-refractivity contribution in [1.29, 1.82) is 0 Å². The quantitative estimate of drug-likeness (QED) is 0.851. The van der Waals surface area contributed by atoms with Gasteiger partial charge in [-0.1, -0.05) is 36.8 Å². The van der Waals surface area contributed by atoms with Crippen LogP contribution in [0.5, 0.6) is 0 Å². The fourth-order valence-electron chi connectivity index (χ4n) is 3.55. The second-order valence-corrected chi connectivity index (χ2v) is 8.90. The van der Waals surface area contributed by atoms with Crippen LogP contribution < -0.4 is 0 Å². The predicted molar refractivity (Wildman–Crippen MR) is 94.3 cm³/mol.